The Bertz CT molecular complexity index is 1070. The number of non-ortho nitro benzene ring substituents is 1. The van der Waals surface area contributed by atoms with Crippen LogP contribution in [0.15, 0.2) is 53.4 Å². The van der Waals surface area contributed by atoms with E-state index in [1.54, 1.807) is 6.08 Å². The number of hydrogen-bond donors (Lipinski definition) is 2. The van der Waals surface area contributed by atoms with E-state index >= 15 is 0 Å². The first-order chi connectivity index (χ1) is 14.2. The molecule has 2 N–H and O–H groups in total. The molecule has 1 aliphatic heterocycles. The first kappa shape index (κ1) is 21.5. The molecule has 2 aromatic carbocycles. The van der Waals surface area contributed by atoms with Gasteiger partial charge >= 0.3 is 0 Å². The molecular weight excluding hydrogens is 426 g/mol. The third kappa shape index (κ3) is 5.02. The summed E-state index contributed by atoms with van der Waals surface area (Å²) in [4.78, 5) is 36.6. The van der Waals surface area contributed by atoms with Crippen LogP contribution in [-0.4, -0.2) is 37.6 Å². The summed E-state index contributed by atoms with van der Waals surface area (Å²) in [6, 6.07) is 11.3. The van der Waals surface area contributed by atoms with Crippen molar-refractivity contribution in [2.45, 2.75) is 13.3 Å². The second-order valence-corrected chi connectivity index (χ2v) is 8.20. The summed E-state index contributed by atoms with van der Waals surface area (Å²) in [6.45, 7) is 1.67. The molecule has 2 amide bonds. The molecule has 0 aromatic heterocycles. The Labute approximate surface area is 181 Å². The van der Waals surface area contributed by atoms with E-state index < -0.39 is 16.6 Å². The largest absolute Gasteiger partial charge is 0.506 e. The highest BCUT2D eigenvalue weighted by molar-refractivity contribution is 8.26. The van der Waals surface area contributed by atoms with Crippen molar-refractivity contribution in [3.05, 3.63) is 74.7 Å². The molecule has 2 aromatic rings. The Kier molecular flexibility index (Phi) is 6.48. The summed E-state index contributed by atoms with van der Waals surface area (Å²) in [5.74, 6) is -1.39. The smallest absolute Gasteiger partial charge is 0.273 e. The van der Waals surface area contributed by atoms with Gasteiger partial charge in [0.25, 0.3) is 11.6 Å². The van der Waals surface area contributed by atoms with E-state index in [1.165, 1.54) is 11.0 Å². The molecule has 0 saturated carbocycles. The zero-order valence-electron chi connectivity index (χ0n) is 15.8. The van der Waals surface area contributed by atoms with Crippen molar-refractivity contribution >= 4 is 51.5 Å². The SMILES string of the molecule is Cc1ccc(C/C=C2\SC(=S)N(CC(=O)Nc3ccc([N+](=O)[O-])cc3O)C2=O)cc1. The van der Waals surface area contributed by atoms with Gasteiger partial charge in [0.1, 0.15) is 16.6 Å². The van der Waals surface area contributed by atoms with Gasteiger partial charge < -0.3 is 10.4 Å². The van der Waals surface area contributed by atoms with Gasteiger partial charge in [-0.05, 0) is 25.0 Å². The number of aryl methyl sites for hydroxylation is 1. The summed E-state index contributed by atoms with van der Waals surface area (Å²) < 4.78 is 0.262. The fraction of sp³-hybridized carbons (Fsp3) is 0.150. The van der Waals surface area contributed by atoms with Gasteiger partial charge in [-0.25, -0.2) is 0 Å². The van der Waals surface area contributed by atoms with Gasteiger partial charge in [-0.2, -0.15) is 0 Å². The molecule has 1 aliphatic rings. The summed E-state index contributed by atoms with van der Waals surface area (Å²) in [6.07, 6.45) is 2.34. The number of aromatic hydroxyl groups is 1. The van der Waals surface area contributed by atoms with Crippen molar-refractivity contribution in [2.24, 2.45) is 0 Å². The molecular formula is C20H17N3O5S2. The van der Waals surface area contributed by atoms with Crippen LogP contribution in [0.25, 0.3) is 0 Å². The Hall–Kier alpha value is -3.24. The molecule has 154 valence electrons. The van der Waals surface area contributed by atoms with Crippen LogP contribution in [-0.2, 0) is 16.0 Å². The van der Waals surface area contributed by atoms with Gasteiger partial charge in [-0.1, -0.05) is 59.9 Å². The molecule has 0 spiro atoms. The number of nitro benzene ring substituents is 1. The number of carbonyl (C=O) groups excluding carboxylic acids is 2. The highest BCUT2D eigenvalue weighted by Crippen LogP contribution is 2.32. The second-order valence-electron chi connectivity index (χ2n) is 6.52. The third-order valence-electron chi connectivity index (χ3n) is 4.29. The van der Waals surface area contributed by atoms with E-state index in [0.29, 0.717) is 11.3 Å². The van der Waals surface area contributed by atoms with Crippen molar-refractivity contribution in [1.82, 2.24) is 4.90 Å². The number of hydrogen-bond acceptors (Lipinski definition) is 7. The molecule has 8 nitrogen and oxygen atoms in total. The third-order valence-corrected chi connectivity index (χ3v) is 5.71. The molecule has 0 bridgehead atoms. The van der Waals surface area contributed by atoms with E-state index in [4.69, 9.17) is 12.2 Å². The number of thiocarbonyl (C=S) groups is 1. The maximum atomic E-state index is 12.6. The zero-order chi connectivity index (χ0) is 21.8. The number of phenols is 1. The van der Waals surface area contributed by atoms with E-state index in [2.05, 4.69) is 5.32 Å². The lowest BCUT2D eigenvalue weighted by Gasteiger charge is -2.14. The average molecular weight is 444 g/mol. The van der Waals surface area contributed by atoms with Crippen LogP contribution in [0.1, 0.15) is 11.1 Å². The number of thioether (sulfide) groups is 1. The normalized spacial score (nSPS) is 15.0. The number of nitrogens with one attached hydrogen (secondary N) is 1. The second kappa shape index (κ2) is 9.06. The number of nitro groups is 1. The van der Waals surface area contributed by atoms with Crippen LogP contribution < -0.4 is 5.32 Å². The van der Waals surface area contributed by atoms with Crippen LogP contribution in [0.4, 0.5) is 11.4 Å². The van der Waals surface area contributed by atoms with Gasteiger partial charge in [-0.3, -0.25) is 24.6 Å². The molecule has 0 radical (unpaired) electrons. The van der Waals surface area contributed by atoms with Crippen molar-refractivity contribution in [3.8, 4) is 5.75 Å². The Morgan fingerprint density at radius 3 is 2.63 bits per heavy atom. The lowest BCUT2D eigenvalue weighted by molar-refractivity contribution is -0.384. The van der Waals surface area contributed by atoms with Crippen LogP contribution in [0, 0.1) is 17.0 Å². The van der Waals surface area contributed by atoms with Gasteiger partial charge in [0.2, 0.25) is 5.91 Å². The average Bonchev–Trinajstić information content (AvgIpc) is 2.96. The fourth-order valence-electron chi connectivity index (χ4n) is 2.68. The molecule has 1 fully saturated rings. The number of amides is 2. The summed E-state index contributed by atoms with van der Waals surface area (Å²) >= 11 is 6.35. The monoisotopic (exact) mass is 443 g/mol. The minimum Gasteiger partial charge on any atom is -0.506 e. The van der Waals surface area contributed by atoms with Gasteiger partial charge in [0.05, 0.1) is 21.6 Å². The molecule has 0 unspecified atom stereocenters. The minimum atomic E-state index is -0.658. The predicted molar refractivity (Wildman–Crippen MR) is 118 cm³/mol. The van der Waals surface area contributed by atoms with Crippen LogP contribution in [0.2, 0.25) is 0 Å². The van der Waals surface area contributed by atoms with Gasteiger partial charge in [-0.15, -0.1) is 0 Å². The lowest BCUT2D eigenvalue weighted by Crippen LogP contribution is -2.36. The lowest BCUT2D eigenvalue weighted by atomic mass is 10.1. The highest BCUT2D eigenvalue weighted by Gasteiger charge is 2.33. The number of allylic oxidation sites excluding steroid dienone is 1. The number of benzene rings is 2. The quantitative estimate of drug-likeness (QED) is 0.231. The Morgan fingerprint density at radius 1 is 1.30 bits per heavy atom. The Balaban J connectivity index is 1.63. The van der Waals surface area contributed by atoms with Crippen molar-refractivity contribution in [2.75, 3.05) is 11.9 Å². The van der Waals surface area contributed by atoms with Gasteiger partial charge in [0.15, 0.2) is 0 Å². The van der Waals surface area contributed by atoms with Crippen molar-refractivity contribution in [1.29, 1.82) is 0 Å². The first-order valence-corrected chi connectivity index (χ1v) is 10.0. The van der Waals surface area contributed by atoms with Crippen molar-refractivity contribution in [3.63, 3.8) is 0 Å². The van der Waals surface area contributed by atoms with E-state index in [9.17, 15) is 24.8 Å². The van der Waals surface area contributed by atoms with Crippen molar-refractivity contribution < 1.29 is 19.6 Å². The number of nitrogens with zero attached hydrogens (tertiary/aromatic N) is 2. The predicted octanol–water partition coefficient (Wildman–Crippen LogP) is 3.53. The highest BCUT2D eigenvalue weighted by atomic mass is 32.2. The molecule has 0 aliphatic carbocycles. The van der Waals surface area contributed by atoms with Crippen LogP contribution >= 0.6 is 24.0 Å². The number of carbonyl (C=O) groups is 2. The van der Waals surface area contributed by atoms with Crippen LogP contribution in [0.5, 0.6) is 5.75 Å². The van der Waals surface area contributed by atoms with E-state index in [0.717, 1.165) is 35.0 Å². The molecule has 10 heteroatoms. The van der Waals surface area contributed by atoms with Gasteiger partial charge in [0, 0.05) is 6.07 Å². The fourth-order valence-corrected chi connectivity index (χ4v) is 3.91. The van der Waals surface area contributed by atoms with E-state index in [1.807, 2.05) is 31.2 Å². The zero-order valence-corrected chi connectivity index (χ0v) is 17.5. The van der Waals surface area contributed by atoms with E-state index in [-0.39, 0.29) is 28.1 Å². The summed E-state index contributed by atoms with van der Waals surface area (Å²) in [5.41, 5.74) is 1.90. The molecule has 1 saturated heterocycles. The topological polar surface area (TPSA) is 113 Å². The summed E-state index contributed by atoms with van der Waals surface area (Å²) in [5, 5.41) is 23.0. The first-order valence-electron chi connectivity index (χ1n) is 8.81. The Morgan fingerprint density at radius 2 is 2.00 bits per heavy atom. The number of anilines is 1. The standard InChI is InChI=1S/C20H17N3O5S2/c1-12-2-4-13(5-3-12)6-9-17-19(26)22(20(29)30-17)11-18(25)21-15-8-7-14(23(27)28)10-16(15)24/h2-5,7-10,24H,6,11H2,1H3,(H,21,25)/b17-9-. The molecule has 0 atom stereocenters. The maximum Gasteiger partial charge on any atom is 0.273 e. The minimum absolute atomic E-state index is 0.00551. The number of rotatable bonds is 6. The molecule has 30 heavy (non-hydrogen) atoms. The number of phenolic OH excluding ortho intramolecular Hbond substituents is 1. The summed E-state index contributed by atoms with van der Waals surface area (Å²) in [7, 11) is 0. The van der Waals surface area contributed by atoms with Crippen LogP contribution in [0.3, 0.4) is 0 Å². The maximum absolute atomic E-state index is 12.6. The molecule has 3 rings (SSSR count). The molecule has 1 heterocycles.